The lowest BCUT2D eigenvalue weighted by molar-refractivity contribution is 0.347. The molecule has 0 atom stereocenters. The van der Waals surface area contributed by atoms with Crippen LogP contribution < -0.4 is 5.73 Å². The van der Waals surface area contributed by atoms with Crippen LogP contribution in [0.1, 0.15) is 48.4 Å². The van der Waals surface area contributed by atoms with Crippen LogP contribution in [0, 0.1) is 5.92 Å². The van der Waals surface area contributed by atoms with E-state index in [4.69, 9.17) is 10.7 Å². The van der Waals surface area contributed by atoms with Crippen molar-refractivity contribution in [3.8, 4) is 11.3 Å². The maximum atomic E-state index is 5.79. The number of aromatic nitrogens is 1. The predicted molar refractivity (Wildman–Crippen MR) is 90.7 cm³/mol. The molecule has 1 fully saturated rings. The van der Waals surface area contributed by atoms with Gasteiger partial charge in [-0.1, -0.05) is 50.1 Å². The summed E-state index contributed by atoms with van der Waals surface area (Å²) in [6.45, 7) is 3.07. The summed E-state index contributed by atoms with van der Waals surface area (Å²) in [5, 5.41) is 1.34. The third-order valence-electron chi connectivity index (χ3n) is 4.50. The molecule has 0 amide bonds. The Morgan fingerprint density at radius 2 is 1.86 bits per heavy atom. The molecule has 21 heavy (non-hydrogen) atoms. The van der Waals surface area contributed by atoms with E-state index in [1.807, 2.05) is 11.3 Å². The van der Waals surface area contributed by atoms with E-state index in [-0.39, 0.29) is 0 Å². The highest BCUT2D eigenvalue weighted by Crippen LogP contribution is 2.40. The molecule has 1 heterocycles. The summed E-state index contributed by atoms with van der Waals surface area (Å²) in [6.07, 6.45) is 6.22. The van der Waals surface area contributed by atoms with Gasteiger partial charge in [-0.25, -0.2) is 4.98 Å². The summed E-state index contributed by atoms with van der Waals surface area (Å²) < 4.78 is 0. The van der Waals surface area contributed by atoms with Crippen molar-refractivity contribution in [1.29, 1.82) is 0 Å². The van der Waals surface area contributed by atoms with Gasteiger partial charge in [-0.3, -0.25) is 0 Å². The number of nitrogens with two attached hydrogens (primary N) is 1. The van der Waals surface area contributed by atoms with Crippen molar-refractivity contribution >= 4 is 11.3 Å². The molecule has 0 aliphatic heterocycles. The van der Waals surface area contributed by atoms with Crippen LogP contribution in [0.15, 0.2) is 30.3 Å². The molecule has 2 N–H and O–H groups in total. The Labute approximate surface area is 131 Å². The van der Waals surface area contributed by atoms with Crippen molar-refractivity contribution in [2.45, 2.75) is 44.9 Å². The Morgan fingerprint density at radius 1 is 1.14 bits per heavy atom. The second-order valence-corrected chi connectivity index (χ2v) is 7.30. The molecule has 112 valence electrons. The van der Waals surface area contributed by atoms with E-state index < -0.39 is 0 Å². The number of benzene rings is 1. The van der Waals surface area contributed by atoms with E-state index in [1.54, 1.807) is 0 Å². The molecular formula is C18H24N2S. The SMILES string of the molecule is CC1CCC(c2nc(-c3ccccc3)c(CCN)s2)CC1. The lowest BCUT2D eigenvalue weighted by atomic mass is 9.83. The second kappa shape index (κ2) is 6.71. The molecule has 0 spiro atoms. The fourth-order valence-electron chi connectivity index (χ4n) is 3.17. The maximum Gasteiger partial charge on any atom is 0.0966 e. The number of nitrogens with zero attached hydrogens (tertiary/aromatic N) is 1. The average molecular weight is 300 g/mol. The number of hydrogen-bond donors (Lipinski definition) is 1. The normalized spacial score (nSPS) is 22.4. The Morgan fingerprint density at radius 3 is 2.52 bits per heavy atom. The van der Waals surface area contributed by atoms with E-state index in [0.717, 1.165) is 12.3 Å². The summed E-state index contributed by atoms with van der Waals surface area (Å²) in [4.78, 5) is 6.37. The van der Waals surface area contributed by atoms with Crippen molar-refractivity contribution in [3.05, 3.63) is 40.2 Å². The van der Waals surface area contributed by atoms with Crippen LogP contribution in [0.2, 0.25) is 0 Å². The molecule has 2 aromatic rings. The highest BCUT2D eigenvalue weighted by atomic mass is 32.1. The van der Waals surface area contributed by atoms with Gasteiger partial charge in [0, 0.05) is 16.4 Å². The Kier molecular flexibility index (Phi) is 4.71. The van der Waals surface area contributed by atoms with Crippen LogP contribution in [0.3, 0.4) is 0 Å². The van der Waals surface area contributed by atoms with Crippen molar-refractivity contribution < 1.29 is 0 Å². The summed E-state index contributed by atoms with van der Waals surface area (Å²) in [5.41, 5.74) is 8.19. The topological polar surface area (TPSA) is 38.9 Å². The maximum absolute atomic E-state index is 5.79. The van der Waals surface area contributed by atoms with Crippen LogP contribution in [0.25, 0.3) is 11.3 Å². The van der Waals surface area contributed by atoms with E-state index in [0.29, 0.717) is 12.5 Å². The fraction of sp³-hybridized carbons (Fsp3) is 0.500. The lowest BCUT2D eigenvalue weighted by Gasteiger charge is -2.24. The smallest absolute Gasteiger partial charge is 0.0966 e. The van der Waals surface area contributed by atoms with Gasteiger partial charge in [-0.2, -0.15) is 0 Å². The molecule has 1 aliphatic carbocycles. The zero-order chi connectivity index (χ0) is 14.7. The highest BCUT2D eigenvalue weighted by Gasteiger charge is 2.24. The monoisotopic (exact) mass is 300 g/mol. The van der Waals surface area contributed by atoms with Gasteiger partial charge in [0.2, 0.25) is 0 Å². The van der Waals surface area contributed by atoms with Crippen molar-refractivity contribution in [3.63, 3.8) is 0 Å². The molecule has 1 aromatic carbocycles. The fourth-order valence-corrected chi connectivity index (χ4v) is 4.45. The third-order valence-corrected chi connectivity index (χ3v) is 5.78. The highest BCUT2D eigenvalue weighted by molar-refractivity contribution is 7.12. The molecule has 3 rings (SSSR count). The van der Waals surface area contributed by atoms with Crippen LogP contribution in [0.4, 0.5) is 0 Å². The number of thiazole rings is 1. The van der Waals surface area contributed by atoms with Crippen molar-refractivity contribution in [2.24, 2.45) is 11.7 Å². The van der Waals surface area contributed by atoms with Gasteiger partial charge in [-0.05, 0) is 31.7 Å². The van der Waals surface area contributed by atoms with Gasteiger partial charge in [-0.15, -0.1) is 11.3 Å². The van der Waals surface area contributed by atoms with Gasteiger partial charge in [0.1, 0.15) is 0 Å². The molecule has 1 aliphatic rings. The zero-order valence-corrected chi connectivity index (χ0v) is 13.5. The first-order valence-electron chi connectivity index (χ1n) is 8.03. The molecule has 2 nitrogen and oxygen atoms in total. The molecule has 0 bridgehead atoms. The van der Waals surface area contributed by atoms with Crippen molar-refractivity contribution in [1.82, 2.24) is 4.98 Å². The van der Waals surface area contributed by atoms with E-state index in [1.165, 1.54) is 46.8 Å². The third kappa shape index (κ3) is 3.35. The Bertz CT molecular complexity index is 568. The first-order chi connectivity index (χ1) is 10.3. The largest absolute Gasteiger partial charge is 0.330 e. The summed E-state index contributed by atoms with van der Waals surface area (Å²) in [6, 6.07) is 10.5. The molecule has 1 aromatic heterocycles. The molecular weight excluding hydrogens is 276 g/mol. The van der Waals surface area contributed by atoms with E-state index >= 15 is 0 Å². The van der Waals surface area contributed by atoms with Gasteiger partial charge in [0.25, 0.3) is 0 Å². The van der Waals surface area contributed by atoms with Gasteiger partial charge >= 0.3 is 0 Å². The van der Waals surface area contributed by atoms with Crippen molar-refractivity contribution in [2.75, 3.05) is 6.54 Å². The van der Waals surface area contributed by atoms with Gasteiger partial charge in [0.05, 0.1) is 10.7 Å². The zero-order valence-electron chi connectivity index (χ0n) is 12.7. The summed E-state index contributed by atoms with van der Waals surface area (Å²) in [5.74, 6) is 1.55. The molecule has 0 unspecified atom stereocenters. The first-order valence-corrected chi connectivity index (χ1v) is 8.84. The van der Waals surface area contributed by atoms with Crippen LogP contribution in [-0.2, 0) is 6.42 Å². The minimum absolute atomic E-state index is 0.667. The Balaban J connectivity index is 1.89. The summed E-state index contributed by atoms with van der Waals surface area (Å²) >= 11 is 1.90. The van der Waals surface area contributed by atoms with E-state index in [2.05, 4.69) is 37.3 Å². The van der Waals surface area contributed by atoms with Crippen LogP contribution in [-0.4, -0.2) is 11.5 Å². The average Bonchev–Trinajstić information content (AvgIpc) is 2.93. The standard InChI is InChI=1S/C18H24N2S/c1-13-7-9-15(10-8-13)18-20-17(16(21-18)11-12-19)14-5-3-2-4-6-14/h2-6,13,15H,7-12,19H2,1H3. The first kappa shape index (κ1) is 14.7. The van der Waals surface area contributed by atoms with Crippen LogP contribution in [0.5, 0.6) is 0 Å². The predicted octanol–water partition coefficient (Wildman–Crippen LogP) is 4.61. The minimum Gasteiger partial charge on any atom is -0.330 e. The van der Waals surface area contributed by atoms with Gasteiger partial charge < -0.3 is 5.73 Å². The summed E-state index contributed by atoms with van der Waals surface area (Å²) in [7, 11) is 0. The molecule has 3 heteroatoms. The Hall–Kier alpha value is -1.19. The number of hydrogen-bond acceptors (Lipinski definition) is 3. The van der Waals surface area contributed by atoms with E-state index in [9.17, 15) is 0 Å². The second-order valence-electron chi connectivity index (χ2n) is 6.19. The molecule has 1 saturated carbocycles. The molecule has 0 saturated heterocycles. The van der Waals surface area contributed by atoms with Gasteiger partial charge in [0.15, 0.2) is 0 Å². The minimum atomic E-state index is 0.667. The van der Waals surface area contributed by atoms with Crippen LogP contribution >= 0.6 is 11.3 Å². The number of rotatable bonds is 4. The quantitative estimate of drug-likeness (QED) is 0.896. The molecule has 0 radical (unpaired) electrons. The lowest BCUT2D eigenvalue weighted by Crippen LogP contribution is -2.10.